The molecular formula is C26H24FN5O5S. The Morgan fingerprint density at radius 1 is 0.974 bits per heavy atom. The van der Waals surface area contributed by atoms with Crippen LogP contribution >= 0.6 is 0 Å². The number of nitrogens with zero attached hydrogens (tertiary/aromatic N) is 2. The lowest BCUT2D eigenvalue weighted by molar-refractivity contribution is 0.262. The number of aromatic nitrogens is 2. The molecule has 2 amide bonds. The Morgan fingerprint density at radius 2 is 1.68 bits per heavy atom. The summed E-state index contributed by atoms with van der Waals surface area (Å²) in [5, 5.41) is 5.05. The Labute approximate surface area is 218 Å². The summed E-state index contributed by atoms with van der Waals surface area (Å²) in [4.78, 5) is 28.0. The molecule has 4 rings (SSSR count). The number of carbonyl (C=O) groups is 1. The van der Waals surface area contributed by atoms with Crippen LogP contribution in [-0.4, -0.2) is 30.6 Å². The van der Waals surface area contributed by atoms with E-state index in [1.807, 2.05) is 30.3 Å². The molecule has 1 heterocycles. The van der Waals surface area contributed by atoms with Crippen LogP contribution in [0.4, 0.5) is 25.9 Å². The van der Waals surface area contributed by atoms with Crippen LogP contribution in [-0.2, 0) is 16.8 Å². The second-order valence-electron chi connectivity index (χ2n) is 8.15. The van der Waals surface area contributed by atoms with E-state index in [9.17, 15) is 21.9 Å². The fraction of sp³-hybridized carbons (Fsp3) is 0.115. The van der Waals surface area contributed by atoms with Crippen molar-refractivity contribution in [3.63, 3.8) is 0 Å². The van der Waals surface area contributed by atoms with Crippen LogP contribution in [0.5, 0.6) is 5.75 Å². The molecule has 38 heavy (non-hydrogen) atoms. The van der Waals surface area contributed by atoms with Crippen molar-refractivity contribution < 1.29 is 21.8 Å². The van der Waals surface area contributed by atoms with Crippen molar-refractivity contribution in [1.82, 2.24) is 9.55 Å². The minimum Gasteiger partial charge on any atom is -0.494 e. The summed E-state index contributed by atoms with van der Waals surface area (Å²) in [7, 11) is -4.89. The molecule has 196 valence electrons. The fourth-order valence-electron chi connectivity index (χ4n) is 3.58. The summed E-state index contributed by atoms with van der Waals surface area (Å²) in [5.41, 5.74) is 7.30. The molecule has 3 aromatic carbocycles. The molecule has 12 heteroatoms. The summed E-state index contributed by atoms with van der Waals surface area (Å²) < 4.78 is 42.4. The number of amides is 2. The quantitative estimate of drug-likeness (QED) is 0.214. The Balaban J connectivity index is 1.39. The van der Waals surface area contributed by atoms with Gasteiger partial charge in [-0.25, -0.2) is 9.59 Å². The van der Waals surface area contributed by atoms with Crippen molar-refractivity contribution in [2.75, 3.05) is 23.0 Å². The van der Waals surface area contributed by atoms with Gasteiger partial charge in [0.05, 0.1) is 6.61 Å². The summed E-state index contributed by atoms with van der Waals surface area (Å²) in [6.07, 6.45) is 2.21. The van der Waals surface area contributed by atoms with Crippen molar-refractivity contribution in [1.29, 1.82) is 0 Å². The third-order valence-corrected chi connectivity index (χ3v) is 6.22. The minimum atomic E-state index is -4.89. The lowest BCUT2D eigenvalue weighted by Crippen LogP contribution is -2.25. The van der Waals surface area contributed by atoms with E-state index in [1.54, 1.807) is 30.5 Å². The molecule has 0 aliphatic carbocycles. The number of nitrogen functional groups attached to an aromatic ring is 1. The zero-order valence-corrected chi connectivity index (χ0v) is 20.8. The maximum atomic E-state index is 13.2. The van der Waals surface area contributed by atoms with E-state index in [0.717, 1.165) is 17.9 Å². The van der Waals surface area contributed by atoms with Gasteiger partial charge in [0.1, 0.15) is 16.5 Å². The number of hydrogen-bond donors (Lipinski definition) is 3. The van der Waals surface area contributed by atoms with Crippen LogP contribution in [0.15, 0.2) is 94.7 Å². The van der Waals surface area contributed by atoms with E-state index >= 15 is 0 Å². The first-order valence-corrected chi connectivity index (χ1v) is 12.9. The molecule has 1 aromatic heterocycles. The number of anilines is 3. The van der Waals surface area contributed by atoms with Gasteiger partial charge >= 0.3 is 21.9 Å². The highest BCUT2D eigenvalue weighted by atomic mass is 32.3. The molecule has 0 bridgehead atoms. The number of nitrogens with one attached hydrogen (secondary N) is 2. The normalized spacial score (nSPS) is 11.1. The van der Waals surface area contributed by atoms with Gasteiger partial charge in [-0.05, 0) is 54.4 Å². The van der Waals surface area contributed by atoms with Crippen LogP contribution in [0.25, 0.3) is 11.1 Å². The van der Waals surface area contributed by atoms with Gasteiger partial charge in [-0.1, -0.05) is 36.4 Å². The summed E-state index contributed by atoms with van der Waals surface area (Å²) in [6, 6.07) is 20.2. The maximum absolute atomic E-state index is 13.2. The zero-order valence-electron chi connectivity index (χ0n) is 20.0. The number of urea groups is 1. The van der Waals surface area contributed by atoms with Gasteiger partial charge in [0.25, 0.3) is 0 Å². The predicted molar refractivity (Wildman–Crippen MR) is 142 cm³/mol. The number of benzene rings is 3. The molecule has 4 aromatic rings. The zero-order chi connectivity index (χ0) is 27.1. The van der Waals surface area contributed by atoms with Gasteiger partial charge in [-0.3, -0.25) is 4.57 Å². The number of rotatable bonds is 9. The number of nitrogens with two attached hydrogens (primary N) is 1. The second-order valence-corrected chi connectivity index (χ2v) is 9.50. The van der Waals surface area contributed by atoms with E-state index in [0.29, 0.717) is 36.4 Å². The summed E-state index contributed by atoms with van der Waals surface area (Å²) in [5.74, 6) is 0.826. The highest BCUT2D eigenvalue weighted by molar-refractivity contribution is 7.86. The molecule has 0 aliphatic heterocycles. The van der Waals surface area contributed by atoms with E-state index in [-0.39, 0.29) is 11.5 Å². The molecular weight excluding hydrogens is 513 g/mol. The van der Waals surface area contributed by atoms with Crippen molar-refractivity contribution in [2.24, 2.45) is 0 Å². The largest absolute Gasteiger partial charge is 0.494 e. The van der Waals surface area contributed by atoms with Gasteiger partial charge in [0.2, 0.25) is 0 Å². The minimum absolute atomic E-state index is 0.0768. The SMILES string of the molecule is Nc1nc(=O)n(CCCOc2ccccc2)cc1-c1ccc(NC(=O)Nc2cccc(S(=O)(=O)F)c2)cc1. The molecule has 0 radical (unpaired) electrons. The van der Waals surface area contributed by atoms with Crippen LogP contribution in [0.2, 0.25) is 0 Å². The van der Waals surface area contributed by atoms with Crippen molar-refractivity contribution >= 4 is 33.4 Å². The molecule has 0 aliphatic rings. The van der Waals surface area contributed by atoms with Crippen LogP contribution in [0, 0.1) is 0 Å². The van der Waals surface area contributed by atoms with E-state index in [4.69, 9.17) is 10.5 Å². The topological polar surface area (TPSA) is 145 Å². The highest BCUT2D eigenvalue weighted by Gasteiger charge is 2.13. The molecule has 0 atom stereocenters. The summed E-state index contributed by atoms with van der Waals surface area (Å²) >= 11 is 0. The molecule has 0 saturated carbocycles. The van der Waals surface area contributed by atoms with E-state index in [1.165, 1.54) is 16.7 Å². The lowest BCUT2D eigenvalue weighted by Gasteiger charge is -2.12. The van der Waals surface area contributed by atoms with Crippen molar-refractivity contribution in [3.05, 3.63) is 95.5 Å². The van der Waals surface area contributed by atoms with E-state index in [2.05, 4.69) is 15.6 Å². The molecule has 0 saturated heterocycles. The van der Waals surface area contributed by atoms with Gasteiger partial charge in [-0.2, -0.15) is 13.4 Å². The third-order valence-electron chi connectivity index (χ3n) is 5.41. The van der Waals surface area contributed by atoms with Crippen LogP contribution < -0.4 is 26.8 Å². The van der Waals surface area contributed by atoms with E-state index < -0.39 is 26.8 Å². The number of hydrogen-bond acceptors (Lipinski definition) is 7. The molecule has 0 unspecified atom stereocenters. The van der Waals surface area contributed by atoms with Crippen LogP contribution in [0.1, 0.15) is 6.42 Å². The number of carbonyl (C=O) groups excluding carboxylic acids is 1. The first kappa shape index (κ1) is 26.4. The highest BCUT2D eigenvalue weighted by Crippen LogP contribution is 2.25. The maximum Gasteiger partial charge on any atom is 0.349 e. The molecule has 4 N–H and O–H groups in total. The number of halogens is 1. The Bertz CT molecular complexity index is 1590. The fourth-order valence-corrected chi connectivity index (χ4v) is 4.09. The Kier molecular flexibility index (Phi) is 8.02. The standard InChI is InChI=1S/C26H24FN5O5S/c27-38(35,36)22-9-4-6-20(16-22)30-25(33)29-19-12-10-18(11-13-19)23-17-32(26(34)31-24(23)28)14-5-15-37-21-7-2-1-3-8-21/h1-4,6-13,16-17H,5,14-15H2,(H2,28,31,34)(H2,29,30,33). The van der Waals surface area contributed by atoms with Crippen molar-refractivity contribution in [3.8, 4) is 16.9 Å². The Morgan fingerprint density at radius 3 is 2.39 bits per heavy atom. The summed E-state index contributed by atoms with van der Waals surface area (Å²) in [6.45, 7) is 0.809. The molecule has 10 nitrogen and oxygen atoms in total. The first-order valence-electron chi connectivity index (χ1n) is 11.5. The average Bonchev–Trinajstić information content (AvgIpc) is 2.88. The van der Waals surface area contributed by atoms with Crippen molar-refractivity contribution in [2.45, 2.75) is 17.9 Å². The smallest absolute Gasteiger partial charge is 0.349 e. The average molecular weight is 538 g/mol. The second kappa shape index (κ2) is 11.6. The van der Waals surface area contributed by atoms with Gasteiger partial charge in [-0.15, -0.1) is 3.89 Å². The lowest BCUT2D eigenvalue weighted by atomic mass is 10.1. The number of aryl methyl sites for hydroxylation is 1. The third kappa shape index (κ3) is 6.95. The molecule has 0 fully saturated rings. The van der Waals surface area contributed by atoms with Crippen LogP contribution in [0.3, 0.4) is 0 Å². The number of para-hydroxylation sites is 1. The Hall–Kier alpha value is -4.71. The first-order chi connectivity index (χ1) is 18.2. The monoisotopic (exact) mass is 537 g/mol. The van der Waals surface area contributed by atoms with Gasteiger partial charge in [0, 0.05) is 29.7 Å². The molecule has 0 spiro atoms. The van der Waals surface area contributed by atoms with Gasteiger partial charge < -0.3 is 21.1 Å². The van der Waals surface area contributed by atoms with Gasteiger partial charge in [0.15, 0.2) is 0 Å². The number of ether oxygens (including phenoxy) is 1. The predicted octanol–water partition coefficient (Wildman–Crippen LogP) is 4.26.